The van der Waals surface area contributed by atoms with Crippen molar-refractivity contribution in [1.29, 1.82) is 0 Å². The van der Waals surface area contributed by atoms with Gasteiger partial charge < -0.3 is 5.11 Å². The summed E-state index contributed by atoms with van der Waals surface area (Å²) in [7, 11) is 0. The molecule has 2 aromatic carbocycles. The van der Waals surface area contributed by atoms with Gasteiger partial charge in [0.15, 0.2) is 11.6 Å². The van der Waals surface area contributed by atoms with Gasteiger partial charge in [0.2, 0.25) is 0 Å². The number of hydrogen-bond donors (Lipinski definition) is 1. The van der Waals surface area contributed by atoms with Crippen LogP contribution in [0.5, 0.6) is 5.75 Å². The van der Waals surface area contributed by atoms with Crippen LogP contribution in [0.15, 0.2) is 42.5 Å². The Morgan fingerprint density at radius 1 is 0.882 bits per heavy atom. The van der Waals surface area contributed by atoms with E-state index in [-0.39, 0.29) is 5.82 Å². The molecule has 0 aliphatic carbocycles. The first kappa shape index (κ1) is 13.2. The zero-order valence-corrected chi connectivity index (χ0v) is 9.74. The lowest BCUT2D eigenvalue weighted by Crippen LogP contribution is -1.82. The van der Waals surface area contributed by atoms with Crippen molar-refractivity contribution >= 4 is 0 Å². The molecule has 17 heavy (non-hydrogen) atoms. The molecule has 1 nitrogen and oxygen atoms in total. The molecule has 0 aliphatic rings. The fourth-order valence-corrected chi connectivity index (χ4v) is 1.35. The van der Waals surface area contributed by atoms with Gasteiger partial charge in [0.1, 0.15) is 5.82 Å². The van der Waals surface area contributed by atoms with Gasteiger partial charge >= 0.3 is 0 Å². The van der Waals surface area contributed by atoms with Crippen LogP contribution in [-0.4, -0.2) is 5.11 Å². The third-order valence-electron chi connectivity index (χ3n) is 2.11. The van der Waals surface area contributed by atoms with Crippen LogP contribution in [-0.2, 0) is 0 Å². The predicted octanol–water partition coefficient (Wildman–Crippen LogP) is 4.36. The Labute approximate surface area is 99.3 Å². The Balaban J connectivity index is 0.000000686. The van der Waals surface area contributed by atoms with Crippen LogP contribution in [0, 0.1) is 11.6 Å². The minimum Gasteiger partial charge on any atom is -0.505 e. The minimum absolute atomic E-state index is 0.374. The van der Waals surface area contributed by atoms with Gasteiger partial charge in [-0.25, -0.2) is 8.78 Å². The molecule has 90 valence electrons. The number of phenols is 1. The third-order valence-corrected chi connectivity index (χ3v) is 2.11. The van der Waals surface area contributed by atoms with E-state index in [2.05, 4.69) is 0 Å². The van der Waals surface area contributed by atoms with E-state index in [0.29, 0.717) is 11.1 Å². The van der Waals surface area contributed by atoms with Gasteiger partial charge in [-0.05, 0) is 35.4 Å². The molecule has 0 aromatic heterocycles. The molecule has 0 saturated heterocycles. The molecular formula is C14H14F2O. The average Bonchev–Trinajstić information content (AvgIpc) is 2.35. The van der Waals surface area contributed by atoms with Crippen molar-refractivity contribution in [2.75, 3.05) is 0 Å². The number of aromatic hydroxyl groups is 1. The molecule has 0 aliphatic heterocycles. The van der Waals surface area contributed by atoms with Crippen molar-refractivity contribution < 1.29 is 13.9 Å². The van der Waals surface area contributed by atoms with Crippen LogP contribution >= 0.6 is 0 Å². The number of halogens is 2. The normalized spacial score (nSPS) is 9.41. The molecule has 0 saturated carbocycles. The van der Waals surface area contributed by atoms with Gasteiger partial charge in [-0.3, -0.25) is 0 Å². The molecule has 0 bridgehead atoms. The van der Waals surface area contributed by atoms with E-state index in [4.69, 9.17) is 5.11 Å². The van der Waals surface area contributed by atoms with Crippen molar-refractivity contribution in [2.45, 2.75) is 13.8 Å². The van der Waals surface area contributed by atoms with Crippen LogP contribution < -0.4 is 0 Å². The topological polar surface area (TPSA) is 20.2 Å². The maximum atomic E-state index is 13.0. The first-order valence-corrected chi connectivity index (χ1v) is 5.41. The molecule has 2 aromatic rings. The maximum Gasteiger partial charge on any atom is 0.165 e. The van der Waals surface area contributed by atoms with Crippen LogP contribution in [0.25, 0.3) is 11.1 Å². The van der Waals surface area contributed by atoms with Crippen LogP contribution in [0.3, 0.4) is 0 Å². The Morgan fingerprint density at radius 2 is 1.53 bits per heavy atom. The van der Waals surface area contributed by atoms with Crippen LogP contribution in [0.1, 0.15) is 13.8 Å². The predicted molar refractivity (Wildman–Crippen MR) is 64.8 cm³/mol. The monoisotopic (exact) mass is 236 g/mol. The van der Waals surface area contributed by atoms with Gasteiger partial charge in [-0.1, -0.05) is 32.0 Å². The molecule has 3 heteroatoms. The molecular weight excluding hydrogens is 222 g/mol. The molecule has 0 radical (unpaired) electrons. The van der Waals surface area contributed by atoms with E-state index in [1.165, 1.54) is 30.3 Å². The van der Waals surface area contributed by atoms with Crippen LogP contribution in [0.2, 0.25) is 0 Å². The Kier molecular flexibility index (Phi) is 4.64. The summed E-state index contributed by atoms with van der Waals surface area (Å²) in [5, 5.41) is 9.00. The highest BCUT2D eigenvalue weighted by Gasteiger charge is 2.04. The second kappa shape index (κ2) is 5.99. The summed E-state index contributed by atoms with van der Waals surface area (Å²) in [4.78, 5) is 0. The van der Waals surface area contributed by atoms with Gasteiger partial charge in [0, 0.05) is 0 Å². The smallest absolute Gasteiger partial charge is 0.165 e. The second-order valence-electron chi connectivity index (χ2n) is 3.18. The highest BCUT2D eigenvalue weighted by atomic mass is 19.1. The fraction of sp³-hybridized carbons (Fsp3) is 0.143. The molecule has 0 amide bonds. The standard InChI is InChI=1S/C12H8F2O.C2H6/c13-10-3-1-2-8(6-10)9-4-5-12(15)11(14)7-9;1-2/h1-7,15H;1-2H3. The SMILES string of the molecule is CC.Oc1ccc(-c2cccc(F)c2)cc1F. The Hall–Kier alpha value is -1.90. The van der Waals surface area contributed by atoms with Crippen molar-refractivity contribution in [3.05, 3.63) is 54.1 Å². The summed E-state index contributed by atoms with van der Waals surface area (Å²) in [6.45, 7) is 4.00. The number of hydrogen-bond acceptors (Lipinski definition) is 1. The number of rotatable bonds is 1. The first-order chi connectivity index (χ1) is 8.16. The van der Waals surface area contributed by atoms with Gasteiger partial charge in [0.05, 0.1) is 0 Å². The highest BCUT2D eigenvalue weighted by molar-refractivity contribution is 5.64. The van der Waals surface area contributed by atoms with Crippen molar-refractivity contribution in [2.24, 2.45) is 0 Å². The zero-order valence-electron chi connectivity index (χ0n) is 9.74. The molecule has 0 atom stereocenters. The van der Waals surface area contributed by atoms with Crippen LogP contribution in [0.4, 0.5) is 8.78 Å². The summed E-state index contributed by atoms with van der Waals surface area (Å²) < 4.78 is 25.9. The second-order valence-corrected chi connectivity index (χ2v) is 3.18. The number of phenolic OH excluding ortho intramolecular Hbond substituents is 1. The summed E-state index contributed by atoms with van der Waals surface area (Å²) >= 11 is 0. The Bertz CT molecular complexity index is 495. The molecule has 0 unspecified atom stereocenters. The largest absolute Gasteiger partial charge is 0.505 e. The van der Waals surface area contributed by atoms with E-state index in [1.54, 1.807) is 12.1 Å². The lowest BCUT2D eigenvalue weighted by Gasteiger charge is -2.02. The summed E-state index contributed by atoms with van der Waals surface area (Å²) in [5.74, 6) is -1.49. The third kappa shape index (κ3) is 3.28. The maximum absolute atomic E-state index is 13.0. The van der Waals surface area contributed by atoms with E-state index < -0.39 is 11.6 Å². The highest BCUT2D eigenvalue weighted by Crippen LogP contribution is 2.24. The van der Waals surface area contributed by atoms with Gasteiger partial charge in [-0.15, -0.1) is 0 Å². The Morgan fingerprint density at radius 3 is 2.12 bits per heavy atom. The molecule has 0 heterocycles. The van der Waals surface area contributed by atoms with Crippen molar-refractivity contribution in [3.8, 4) is 16.9 Å². The van der Waals surface area contributed by atoms with E-state index >= 15 is 0 Å². The van der Waals surface area contributed by atoms with E-state index in [0.717, 1.165) is 0 Å². The minimum atomic E-state index is -0.711. The number of benzene rings is 2. The van der Waals surface area contributed by atoms with E-state index in [1.807, 2.05) is 13.8 Å². The summed E-state index contributed by atoms with van der Waals surface area (Å²) in [6.07, 6.45) is 0. The van der Waals surface area contributed by atoms with E-state index in [9.17, 15) is 8.78 Å². The lowest BCUT2D eigenvalue weighted by atomic mass is 10.1. The zero-order chi connectivity index (χ0) is 12.8. The molecule has 0 spiro atoms. The summed E-state index contributed by atoms with van der Waals surface area (Å²) in [6, 6.07) is 9.81. The van der Waals surface area contributed by atoms with Gasteiger partial charge in [0.25, 0.3) is 0 Å². The quantitative estimate of drug-likeness (QED) is 0.779. The molecule has 1 N–H and O–H groups in total. The fourth-order valence-electron chi connectivity index (χ4n) is 1.35. The lowest BCUT2D eigenvalue weighted by molar-refractivity contribution is 0.432. The first-order valence-electron chi connectivity index (χ1n) is 5.41. The van der Waals surface area contributed by atoms with Crippen molar-refractivity contribution in [1.82, 2.24) is 0 Å². The average molecular weight is 236 g/mol. The summed E-state index contributed by atoms with van der Waals surface area (Å²) in [5.41, 5.74) is 1.11. The molecule has 0 fully saturated rings. The van der Waals surface area contributed by atoms with Gasteiger partial charge in [-0.2, -0.15) is 0 Å². The molecule has 2 rings (SSSR count). The van der Waals surface area contributed by atoms with Crippen molar-refractivity contribution in [3.63, 3.8) is 0 Å².